The molecule has 0 spiro atoms. The summed E-state index contributed by atoms with van der Waals surface area (Å²) in [4.78, 5) is 12.3. The Hall–Kier alpha value is -1.84. The highest BCUT2D eigenvalue weighted by atomic mass is 127. The molecule has 1 aromatic heterocycles. The van der Waals surface area contributed by atoms with E-state index in [2.05, 4.69) is 74.7 Å². The van der Waals surface area contributed by atoms with Gasteiger partial charge in [0.1, 0.15) is 29.3 Å². The number of benzene rings is 2. The van der Waals surface area contributed by atoms with Crippen LogP contribution in [0, 0.1) is 3.57 Å². The van der Waals surface area contributed by atoms with Crippen LogP contribution in [0.4, 0.5) is 0 Å². The number of rotatable bonds is 8. The van der Waals surface area contributed by atoms with Gasteiger partial charge in [-0.25, -0.2) is 0 Å². The molecule has 0 aliphatic carbocycles. The van der Waals surface area contributed by atoms with Crippen LogP contribution in [-0.2, 0) is 33.6 Å². The summed E-state index contributed by atoms with van der Waals surface area (Å²) in [5.41, 5.74) is 2.20. The Morgan fingerprint density at radius 2 is 1.69 bits per heavy atom. The van der Waals surface area contributed by atoms with E-state index in [4.69, 9.17) is 18.3 Å². The summed E-state index contributed by atoms with van der Waals surface area (Å²) in [6, 6.07) is 13.8. The lowest BCUT2D eigenvalue weighted by molar-refractivity contribution is -0.153. The molecular formula is C28H37IO5Si. The average Bonchev–Trinajstić information content (AvgIpc) is 3.13. The van der Waals surface area contributed by atoms with Gasteiger partial charge in [0, 0.05) is 10.9 Å². The van der Waals surface area contributed by atoms with Gasteiger partial charge in [0.25, 0.3) is 0 Å². The molecule has 0 aliphatic heterocycles. The number of esters is 1. The average molecular weight is 609 g/mol. The minimum atomic E-state index is -1.86. The fourth-order valence-corrected chi connectivity index (χ4v) is 5.09. The van der Waals surface area contributed by atoms with Crippen molar-refractivity contribution in [3.05, 3.63) is 62.9 Å². The lowest BCUT2D eigenvalue weighted by Crippen LogP contribution is -2.40. The molecule has 2 aromatic carbocycles. The zero-order valence-corrected chi connectivity index (χ0v) is 25.2. The fourth-order valence-electron chi connectivity index (χ4n) is 3.33. The van der Waals surface area contributed by atoms with E-state index in [1.807, 2.05) is 45.0 Å². The second-order valence-electron chi connectivity index (χ2n) is 11.4. The van der Waals surface area contributed by atoms with Gasteiger partial charge in [0.15, 0.2) is 8.32 Å². The van der Waals surface area contributed by atoms with Crippen molar-refractivity contribution in [3.63, 3.8) is 0 Å². The molecular weight excluding hydrogens is 571 g/mol. The van der Waals surface area contributed by atoms with Crippen LogP contribution in [0.5, 0.6) is 5.75 Å². The first kappa shape index (κ1) is 27.7. The van der Waals surface area contributed by atoms with Crippen LogP contribution in [0.1, 0.15) is 58.4 Å². The molecule has 35 heavy (non-hydrogen) atoms. The van der Waals surface area contributed by atoms with E-state index in [9.17, 15) is 4.79 Å². The van der Waals surface area contributed by atoms with Gasteiger partial charge >= 0.3 is 5.97 Å². The van der Waals surface area contributed by atoms with E-state index in [0.717, 1.165) is 31.4 Å². The molecule has 3 aromatic rings. The van der Waals surface area contributed by atoms with Gasteiger partial charge in [0.05, 0.1) is 16.6 Å². The van der Waals surface area contributed by atoms with E-state index < -0.39 is 13.9 Å². The molecule has 0 bridgehead atoms. The van der Waals surface area contributed by atoms with Gasteiger partial charge in [-0.2, -0.15) is 0 Å². The fraction of sp³-hybridized carbons (Fsp3) is 0.464. The molecule has 0 fully saturated rings. The van der Waals surface area contributed by atoms with E-state index in [1.165, 1.54) is 0 Å². The Morgan fingerprint density at radius 3 is 2.34 bits per heavy atom. The van der Waals surface area contributed by atoms with Gasteiger partial charge in [0.2, 0.25) is 0 Å². The highest BCUT2D eigenvalue weighted by Crippen LogP contribution is 2.37. The molecule has 0 unspecified atom stereocenters. The molecule has 1 heterocycles. The summed E-state index contributed by atoms with van der Waals surface area (Å²) in [6.45, 7) is 17.7. The number of fused-ring (bicyclic) bond motifs is 1. The zero-order valence-electron chi connectivity index (χ0n) is 22.1. The monoisotopic (exact) mass is 608 g/mol. The first-order valence-corrected chi connectivity index (χ1v) is 15.9. The van der Waals surface area contributed by atoms with Crippen molar-refractivity contribution in [2.45, 2.75) is 84.9 Å². The van der Waals surface area contributed by atoms with E-state index in [0.29, 0.717) is 19.0 Å². The number of hydrogen-bond donors (Lipinski definition) is 0. The van der Waals surface area contributed by atoms with Crippen molar-refractivity contribution in [1.82, 2.24) is 0 Å². The quantitative estimate of drug-likeness (QED) is 0.147. The van der Waals surface area contributed by atoms with E-state index in [1.54, 1.807) is 0 Å². The third-order valence-corrected chi connectivity index (χ3v) is 11.5. The Morgan fingerprint density at radius 1 is 1.00 bits per heavy atom. The van der Waals surface area contributed by atoms with Gasteiger partial charge in [-0.05, 0) is 91.3 Å². The third kappa shape index (κ3) is 7.57. The summed E-state index contributed by atoms with van der Waals surface area (Å²) in [6.07, 6.45) is 0.170. The molecule has 190 valence electrons. The minimum Gasteiger partial charge on any atom is -0.489 e. The molecule has 5 nitrogen and oxygen atoms in total. The Bertz CT molecular complexity index is 1180. The highest BCUT2D eigenvalue weighted by molar-refractivity contribution is 14.1. The maximum Gasteiger partial charge on any atom is 0.310 e. The number of halogens is 1. The molecule has 0 aliphatic rings. The number of furan rings is 1. The van der Waals surface area contributed by atoms with Crippen LogP contribution in [0.3, 0.4) is 0 Å². The predicted molar refractivity (Wildman–Crippen MR) is 151 cm³/mol. The molecule has 7 heteroatoms. The van der Waals surface area contributed by atoms with Gasteiger partial charge in [-0.15, -0.1) is 0 Å². The van der Waals surface area contributed by atoms with Gasteiger partial charge in [-0.3, -0.25) is 4.79 Å². The largest absolute Gasteiger partial charge is 0.489 e. The predicted octanol–water partition coefficient (Wildman–Crippen LogP) is 8.02. The van der Waals surface area contributed by atoms with Crippen molar-refractivity contribution in [1.29, 1.82) is 0 Å². The summed E-state index contributed by atoms with van der Waals surface area (Å²) in [7, 11) is -1.86. The standard InChI is InChI=1S/C28H37IO5Si/c1-27(2,3)34-25(30)16-20-11-9-10-12-24(20)31-17-19-13-21-15-22(33-26(21)23(29)14-19)18-32-35(7,8)28(4,5)6/h9-15H,16-18H2,1-8H3. The van der Waals surface area contributed by atoms with Crippen LogP contribution in [0.15, 0.2) is 46.9 Å². The second-order valence-corrected chi connectivity index (χ2v) is 17.4. The summed E-state index contributed by atoms with van der Waals surface area (Å²) in [5, 5.41) is 1.18. The van der Waals surface area contributed by atoms with Gasteiger partial charge < -0.3 is 18.3 Å². The van der Waals surface area contributed by atoms with Crippen molar-refractivity contribution < 1.29 is 23.1 Å². The number of carbonyl (C=O) groups is 1. The highest BCUT2D eigenvalue weighted by Gasteiger charge is 2.37. The van der Waals surface area contributed by atoms with Crippen LogP contribution in [0.2, 0.25) is 18.1 Å². The maximum atomic E-state index is 12.3. The molecule has 0 saturated heterocycles. The van der Waals surface area contributed by atoms with Crippen molar-refractivity contribution in [3.8, 4) is 5.75 Å². The minimum absolute atomic E-state index is 0.151. The van der Waals surface area contributed by atoms with Crippen LogP contribution >= 0.6 is 22.6 Å². The first-order chi connectivity index (χ1) is 16.1. The number of hydrogen-bond acceptors (Lipinski definition) is 5. The molecule has 0 N–H and O–H groups in total. The maximum absolute atomic E-state index is 12.3. The van der Waals surface area contributed by atoms with Gasteiger partial charge in [-0.1, -0.05) is 39.0 Å². The molecule has 0 radical (unpaired) electrons. The zero-order chi connectivity index (χ0) is 26.0. The summed E-state index contributed by atoms with van der Waals surface area (Å²) < 4.78 is 25.1. The van der Waals surface area contributed by atoms with Crippen LogP contribution < -0.4 is 4.74 Å². The first-order valence-electron chi connectivity index (χ1n) is 11.9. The van der Waals surface area contributed by atoms with Crippen molar-refractivity contribution >= 4 is 47.8 Å². The molecule has 3 rings (SSSR count). The normalized spacial score (nSPS) is 12.7. The van der Waals surface area contributed by atoms with Crippen molar-refractivity contribution in [2.75, 3.05) is 0 Å². The lowest BCUT2D eigenvalue weighted by atomic mass is 10.1. The Kier molecular flexibility index (Phi) is 8.44. The summed E-state index contributed by atoms with van der Waals surface area (Å²) >= 11 is 2.30. The van der Waals surface area contributed by atoms with E-state index >= 15 is 0 Å². The lowest BCUT2D eigenvalue weighted by Gasteiger charge is -2.35. The SMILES string of the molecule is CC(C)(C)OC(=O)Cc1ccccc1OCc1cc(I)c2oc(CO[Si](C)(C)C(C)(C)C)cc2c1. The number of para-hydroxylation sites is 1. The second kappa shape index (κ2) is 10.6. The number of carbonyl (C=O) groups excluding carboxylic acids is 1. The topological polar surface area (TPSA) is 57.9 Å². The molecule has 0 amide bonds. The Labute approximate surface area is 223 Å². The third-order valence-electron chi connectivity index (χ3n) is 6.18. The van der Waals surface area contributed by atoms with Crippen molar-refractivity contribution in [2.24, 2.45) is 0 Å². The summed E-state index contributed by atoms with van der Waals surface area (Å²) in [5.74, 6) is 1.25. The van der Waals surface area contributed by atoms with Crippen LogP contribution in [-0.4, -0.2) is 19.9 Å². The van der Waals surface area contributed by atoms with Crippen LogP contribution in [0.25, 0.3) is 11.0 Å². The smallest absolute Gasteiger partial charge is 0.310 e. The molecule has 0 saturated carbocycles. The number of ether oxygens (including phenoxy) is 2. The van der Waals surface area contributed by atoms with E-state index in [-0.39, 0.29) is 17.4 Å². The Balaban J connectivity index is 1.72. The molecule has 0 atom stereocenters.